The number of carbonyl (C=O) groups is 2. The number of Topliss-reactive ketones (excluding diaryl/α,β-unsaturated/α-hetero) is 1. The van der Waals surface area contributed by atoms with Crippen molar-refractivity contribution in [2.24, 2.45) is 5.92 Å². The predicted octanol–water partition coefficient (Wildman–Crippen LogP) is 4.89. The van der Waals surface area contributed by atoms with Crippen molar-refractivity contribution in [2.45, 2.75) is 118 Å². The first kappa shape index (κ1) is 29.1. The SMILES string of the molecule is C.CC(=O)CCC1CCCN(C(C)(C)C)C1.CC(=O)NC1CCCN(C(C)(C)C)C1. The molecule has 30 heavy (non-hydrogen) atoms. The van der Waals surface area contributed by atoms with E-state index in [0.29, 0.717) is 11.8 Å². The Bertz CT molecular complexity index is 519. The minimum absolute atomic E-state index is 0. The van der Waals surface area contributed by atoms with Crippen LogP contribution in [0.4, 0.5) is 0 Å². The van der Waals surface area contributed by atoms with E-state index in [9.17, 15) is 9.59 Å². The van der Waals surface area contributed by atoms with Crippen LogP contribution in [-0.4, -0.2) is 64.8 Å². The van der Waals surface area contributed by atoms with Gasteiger partial charge in [-0.15, -0.1) is 0 Å². The summed E-state index contributed by atoms with van der Waals surface area (Å²) in [6, 6.07) is 0.348. The molecule has 2 saturated heterocycles. The van der Waals surface area contributed by atoms with Gasteiger partial charge in [-0.3, -0.25) is 14.6 Å². The van der Waals surface area contributed by atoms with E-state index in [1.807, 2.05) is 0 Å². The highest BCUT2D eigenvalue weighted by atomic mass is 16.1. The second kappa shape index (κ2) is 12.8. The Morgan fingerprint density at radius 1 is 0.867 bits per heavy atom. The lowest BCUT2D eigenvalue weighted by atomic mass is 9.90. The first-order valence-corrected chi connectivity index (χ1v) is 11.6. The van der Waals surface area contributed by atoms with E-state index < -0.39 is 0 Å². The van der Waals surface area contributed by atoms with Crippen LogP contribution in [0.1, 0.15) is 101 Å². The molecule has 1 N–H and O–H groups in total. The average molecular weight is 426 g/mol. The summed E-state index contributed by atoms with van der Waals surface area (Å²) in [5.41, 5.74) is 0.506. The Kier molecular flexibility index (Phi) is 12.4. The van der Waals surface area contributed by atoms with Crippen LogP contribution in [0.2, 0.25) is 0 Å². The fourth-order valence-electron chi connectivity index (χ4n) is 4.31. The van der Waals surface area contributed by atoms with Gasteiger partial charge in [0.05, 0.1) is 0 Å². The van der Waals surface area contributed by atoms with Crippen LogP contribution < -0.4 is 5.32 Å². The van der Waals surface area contributed by atoms with Crippen LogP contribution in [0.3, 0.4) is 0 Å². The number of nitrogens with one attached hydrogen (secondary N) is 1. The number of carbonyl (C=O) groups excluding carboxylic acids is 2. The summed E-state index contributed by atoms with van der Waals surface area (Å²) in [6.07, 6.45) is 6.75. The number of hydrogen-bond acceptors (Lipinski definition) is 4. The number of piperidine rings is 2. The molecule has 0 aromatic heterocycles. The molecule has 5 nitrogen and oxygen atoms in total. The van der Waals surface area contributed by atoms with Crippen molar-refractivity contribution in [3.8, 4) is 0 Å². The maximum absolute atomic E-state index is 11.0. The molecule has 178 valence electrons. The molecule has 2 atom stereocenters. The third kappa shape index (κ3) is 11.5. The van der Waals surface area contributed by atoms with Crippen LogP contribution in [0, 0.1) is 5.92 Å². The van der Waals surface area contributed by atoms with E-state index in [0.717, 1.165) is 38.3 Å². The Balaban J connectivity index is 0.000000544. The summed E-state index contributed by atoms with van der Waals surface area (Å²) in [7, 11) is 0. The quantitative estimate of drug-likeness (QED) is 0.697. The zero-order valence-electron chi connectivity index (χ0n) is 20.4. The predicted molar refractivity (Wildman–Crippen MR) is 129 cm³/mol. The van der Waals surface area contributed by atoms with Gasteiger partial charge in [-0.25, -0.2) is 0 Å². The first-order chi connectivity index (χ1) is 13.3. The molecule has 0 aromatic rings. The van der Waals surface area contributed by atoms with Gasteiger partial charge in [0.1, 0.15) is 5.78 Å². The minimum atomic E-state index is 0. The van der Waals surface area contributed by atoms with Gasteiger partial charge in [-0.2, -0.15) is 0 Å². The first-order valence-electron chi connectivity index (χ1n) is 11.6. The number of ketones is 1. The lowest BCUT2D eigenvalue weighted by Crippen LogP contribution is -2.53. The molecule has 2 rings (SSSR count). The lowest BCUT2D eigenvalue weighted by molar-refractivity contribution is -0.120. The fraction of sp³-hybridized carbons (Fsp3) is 0.920. The highest BCUT2D eigenvalue weighted by Gasteiger charge is 2.28. The van der Waals surface area contributed by atoms with Gasteiger partial charge in [0.15, 0.2) is 0 Å². The van der Waals surface area contributed by atoms with E-state index in [4.69, 9.17) is 0 Å². The van der Waals surface area contributed by atoms with Crippen LogP contribution in [0.25, 0.3) is 0 Å². The maximum atomic E-state index is 11.0. The number of nitrogens with zero attached hydrogens (tertiary/aromatic N) is 2. The van der Waals surface area contributed by atoms with Gasteiger partial charge in [0, 0.05) is 43.6 Å². The van der Waals surface area contributed by atoms with E-state index in [1.54, 1.807) is 13.8 Å². The normalized spacial score (nSPS) is 23.6. The van der Waals surface area contributed by atoms with E-state index >= 15 is 0 Å². The molecule has 1 amide bonds. The summed E-state index contributed by atoms with van der Waals surface area (Å²) in [4.78, 5) is 26.9. The van der Waals surface area contributed by atoms with Crippen molar-refractivity contribution in [1.29, 1.82) is 0 Å². The maximum Gasteiger partial charge on any atom is 0.217 e. The Labute approximate surface area is 187 Å². The summed E-state index contributed by atoms with van der Waals surface area (Å²) in [5, 5.41) is 3.00. The van der Waals surface area contributed by atoms with Crippen molar-refractivity contribution in [3.05, 3.63) is 0 Å². The summed E-state index contributed by atoms with van der Waals surface area (Å²) >= 11 is 0. The molecule has 0 aliphatic carbocycles. The zero-order chi connectivity index (χ0) is 22.2. The molecular formula is C25H51N3O2. The fourth-order valence-corrected chi connectivity index (χ4v) is 4.31. The van der Waals surface area contributed by atoms with E-state index in [-0.39, 0.29) is 24.4 Å². The smallest absolute Gasteiger partial charge is 0.217 e. The standard InChI is InChI=1S/C13H25NO.C11H22N2O.CH4/c1-11(15)7-8-12-6-5-9-14(10-12)13(2,3)4;1-9(14)12-10-6-5-7-13(8-10)11(2,3)4;/h12H,5-10H2,1-4H3;10H,5-8H2,1-4H3,(H,12,14);1H4. The Hall–Kier alpha value is -0.940. The van der Waals surface area contributed by atoms with Crippen molar-refractivity contribution in [2.75, 3.05) is 26.2 Å². The van der Waals surface area contributed by atoms with Gasteiger partial charge in [0.25, 0.3) is 0 Å². The largest absolute Gasteiger partial charge is 0.352 e. The van der Waals surface area contributed by atoms with Gasteiger partial charge >= 0.3 is 0 Å². The van der Waals surface area contributed by atoms with Gasteiger partial charge < -0.3 is 10.1 Å². The number of rotatable bonds is 4. The molecule has 2 aliphatic heterocycles. The van der Waals surface area contributed by atoms with Crippen LogP contribution in [0.5, 0.6) is 0 Å². The molecule has 0 radical (unpaired) electrons. The second-order valence-corrected chi connectivity index (χ2v) is 11.0. The molecule has 0 bridgehead atoms. The molecule has 0 spiro atoms. The molecule has 2 fully saturated rings. The molecule has 0 aromatic carbocycles. The topological polar surface area (TPSA) is 52.7 Å². The Morgan fingerprint density at radius 3 is 1.83 bits per heavy atom. The Morgan fingerprint density at radius 2 is 1.37 bits per heavy atom. The average Bonchev–Trinajstić information content (AvgIpc) is 2.59. The summed E-state index contributed by atoms with van der Waals surface area (Å²) < 4.78 is 0. The summed E-state index contributed by atoms with van der Waals surface area (Å²) in [5.74, 6) is 1.16. The molecular weight excluding hydrogens is 374 g/mol. The number of likely N-dealkylation sites (tertiary alicyclic amines) is 2. The van der Waals surface area contributed by atoms with Gasteiger partial charge in [0.2, 0.25) is 5.91 Å². The van der Waals surface area contributed by atoms with Crippen LogP contribution in [-0.2, 0) is 9.59 Å². The van der Waals surface area contributed by atoms with E-state index in [2.05, 4.69) is 56.7 Å². The molecule has 2 unspecified atom stereocenters. The highest BCUT2D eigenvalue weighted by Crippen LogP contribution is 2.26. The van der Waals surface area contributed by atoms with Crippen LogP contribution in [0.15, 0.2) is 0 Å². The third-order valence-corrected chi connectivity index (χ3v) is 6.15. The lowest BCUT2D eigenvalue weighted by Gasteiger charge is -2.41. The number of hydrogen-bond donors (Lipinski definition) is 1. The van der Waals surface area contributed by atoms with Gasteiger partial charge in [-0.05, 0) is 99.6 Å². The minimum Gasteiger partial charge on any atom is -0.352 e. The van der Waals surface area contributed by atoms with E-state index in [1.165, 1.54) is 32.4 Å². The highest BCUT2D eigenvalue weighted by molar-refractivity contribution is 5.75. The van der Waals surface area contributed by atoms with Gasteiger partial charge in [-0.1, -0.05) is 7.43 Å². The molecule has 5 heteroatoms. The summed E-state index contributed by atoms with van der Waals surface area (Å²) in [6.45, 7) is 21.3. The van der Waals surface area contributed by atoms with Crippen molar-refractivity contribution < 1.29 is 9.59 Å². The third-order valence-electron chi connectivity index (χ3n) is 6.15. The van der Waals surface area contributed by atoms with Crippen LogP contribution >= 0.6 is 0 Å². The molecule has 0 saturated carbocycles. The molecule has 2 heterocycles. The second-order valence-electron chi connectivity index (χ2n) is 11.0. The zero-order valence-corrected chi connectivity index (χ0v) is 20.4. The van der Waals surface area contributed by atoms with Crippen molar-refractivity contribution in [1.82, 2.24) is 15.1 Å². The monoisotopic (exact) mass is 425 g/mol. The van der Waals surface area contributed by atoms with Crippen molar-refractivity contribution in [3.63, 3.8) is 0 Å². The molecule has 2 aliphatic rings. The number of amides is 1. The van der Waals surface area contributed by atoms with Crippen molar-refractivity contribution >= 4 is 11.7 Å².